The van der Waals surface area contributed by atoms with Crippen LogP contribution in [0.5, 0.6) is 0 Å². The lowest BCUT2D eigenvalue weighted by Crippen LogP contribution is -2.06. The van der Waals surface area contributed by atoms with Gasteiger partial charge in [0.25, 0.3) is 0 Å². The van der Waals surface area contributed by atoms with E-state index in [1.54, 1.807) is 0 Å². The molecule has 7 heteroatoms. The minimum absolute atomic E-state index is 0.00888. The molecule has 0 bridgehead atoms. The van der Waals surface area contributed by atoms with Crippen LogP contribution in [-0.4, -0.2) is 16.1 Å². The second-order valence-corrected chi connectivity index (χ2v) is 3.69. The van der Waals surface area contributed by atoms with E-state index in [0.29, 0.717) is 6.07 Å². The highest BCUT2D eigenvalue weighted by atomic mass is 19.1. The third kappa shape index (κ3) is 2.76. The van der Waals surface area contributed by atoms with Crippen LogP contribution in [0, 0.1) is 11.6 Å². The quantitative estimate of drug-likeness (QED) is 0.793. The Bertz CT molecular complexity index is 647. The van der Waals surface area contributed by atoms with Crippen LogP contribution in [0.15, 0.2) is 30.3 Å². The van der Waals surface area contributed by atoms with Gasteiger partial charge in [0.15, 0.2) is 11.5 Å². The maximum absolute atomic E-state index is 13.4. The first-order valence-corrected chi connectivity index (χ1v) is 5.19. The van der Waals surface area contributed by atoms with Crippen LogP contribution in [0.4, 0.5) is 26.0 Å². The van der Waals surface area contributed by atoms with E-state index in [1.807, 2.05) is 0 Å². The molecule has 2 aromatic rings. The number of carboxylic acid groups (broad SMARTS) is 1. The number of anilines is 3. The van der Waals surface area contributed by atoms with E-state index in [2.05, 4.69) is 10.3 Å². The van der Waals surface area contributed by atoms with E-state index in [-0.39, 0.29) is 22.9 Å². The minimum atomic E-state index is -1.23. The van der Waals surface area contributed by atoms with Crippen molar-refractivity contribution in [1.29, 1.82) is 0 Å². The van der Waals surface area contributed by atoms with Crippen molar-refractivity contribution < 1.29 is 18.7 Å². The number of carboxylic acids is 1. The zero-order valence-corrected chi connectivity index (χ0v) is 9.52. The van der Waals surface area contributed by atoms with Gasteiger partial charge in [-0.3, -0.25) is 0 Å². The lowest BCUT2D eigenvalue weighted by atomic mass is 10.2. The van der Waals surface area contributed by atoms with Crippen molar-refractivity contribution in [3.8, 4) is 0 Å². The van der Waals surface area contributed by atoms with Gasteiger partial charge in [-0.15, -0.1) is 0 Å². The van der Waals surface area contributed by atoms with Crippen LogP contribution in [0.3, 0.4) is 0 Å². The lowest BCUT2D eigenvalue weighted by Gasteiger charge is -2.09. The van der Waals surface area contributed by atoms with Gasteiger partial charge in [0.2, 0.25) is 0 Å². The number of benzene rings is 1. The number of hydrogen-bond acceptors (Lipinski definition) is 4. The van der Waals surface area contributed by atoms with E-state index in [9.17, 15) is 13.6 Å². The summed E-state index contributed by atoms with van der Waals surface area (Å²) >= 11 is 0. The molecule has 19 heavy (non-hydrogen) atoms. The lowest BCUT2D eigenvalue weighted by molar-refractivity contribution is 0.0690. The molecule has 0 saturated carbocycles. The number of aromatic carboxylic acids is 1. The fourth-order valence-electron chi connectivity index (χ4n) is 1.41. The third-order valence-electron chi connectivity index (χ3n) is 2.33. The molecule has 0 amide bonds. The van der Waals surface area contributed by atoms with Crippen molar-refractivity contribution in [2.75, 3.05) is 11.1 Å². The molecule has 1 heterocycles. The number of nitrogen functional groups attached to an aromatic ring is 1. The summed E-state index contributed by atoms with van der Waals surface area (Å²) in [5.41, 5.74) is 5.46. The number of nitrogens with one attached hydrogen (secondary N) is 1. The predicted molar refractivity (Wildman–Crippen MR) is 65.2 cm³/mol. The molecule has 1 aromatic heterocycles. The van der Waals surface area contributed by atoms with Gasteiger partial charge < -0.3 is 16.2 Å². The Labute approximate surface area is 106 Å². The molecule has 0 aliphatic rings. The van der Waals surface area contributed by atoms with Crippen molar-refractivity contribution >= 4 is 23.2 Å². The highest BCUT2D eigenvalue weighted by Crippen LogP contribution is 2.23. The smallest absolute Gasteiger partial charge is 0.354 e. The van der Waals surface area contributed by atoms with Gasteiger partial charge in [0, 0.05) is 6.07 Å². The summed E-state index contributed by atoms with van der Waals surface area (Å²) in [6, 6.07) is 5.48. The van der Waals surface area contributed by atoms with Crippen molar-refractivity contribution in [2.24, 2.45) is 0 Å². The van der Waals surface area contributed by atoms with E-state index in [0.717, 1.165) is 6.07 Å². The van der Waals surface area contributed by atoms with Crippen molar-refractivity contribution in [2.45, 2.75) is 0 Å². The summed E-state index contributed by atoms with van der Waals surface area (Å²) in [7, 11) is 0. The molecule has 0 saturated heterocycles. The summed E-state index contributed by atoms with van der Waals surface area (Å²) in [5, 5.41) is 11.3. The summed E-state index contributed by atoms with van der Waals surface area (Å²) in [6.07, 6.45) is 0. The number of halogens is 2. The Hall–Kier alpha value is -2.70. The summed E-state index contributed by atoms with van der Waals surface area (Å²) < 4.78 is 26.2. The standard InChI is InChI=1S/C12H9F2N3O2/c13-6-1-3-9(7(14)5-6)16-11-8(15)2-4-10(17-11)12(18)19/h1-5H,15H2,(H,16,17)(H,18,19). The van der Waals surface area contributed by atoms with Gasteiger partial charge in [-0.05, 0) is 24.3 Å². The average Bonchev–Trinajstić information content (AvgIpc) is 2.34. The molecule has 5 nitrogen and oxygen atoms in total. The van der Waals surface area contributed by atoms with Gasteiger partial charge in [-0.1, -0.05) is 0 Å². The predicted octanol–water partition coefficient (Wildman–Crippen LogP) is 2.38. The van der Waals surface area contributed by atoms with E-state index in [1.165, 1.54) is 18.2 Å². The molecular weight excluding hydrogens is 256 g/mol. The minimum Gasteiger partial charge on any atom is -0.477 e. The highest BCUT2D eigenvalue weighted by Gasteiger charge is 2.11. The molecule has 0 atom stereocenters. The fourth-order valence-corrected chi connectivity index (χ4v) is 1.41. The third-order valence-corrected chi connectivity index (χ3v) is 2.33. The number of nitrogens with two attached hydrogens (primary N) is 1. The number of hydrogen-bond donors (Lipinski definition) is 3. The molecule has 98 valence electrons. The summed E-state index contributed by atoms with van der Waals surface area (Å²) in [5.74, 6) is -2.79. The number of nitrogens with zero attached hydrogens (tertiary/aromatic N) is 1. The second-order valence-electron chi connectivity index (χ2n) is 3.69. The van der Waals surface area contributed by atoms with Crippen molar-refractivity contribution in [3.05, 3.63) is 47.7 Å². The SMILES string of the molecule is Nc1ccc(C(=O)O)nc1Nc1ccc(F)cc1F. The van der Waals surface area contributed by atoms with Crippen LogP contribution in [0.25, 0.3) is 0 Å². The normalized spacial score (nSPS) is 10.2. The largest absolute Gasteiger partial charge is 0.477 e. The maximum Gasteiger partial charge on any atom is 0.354 e. The summed E-state index contributed by atoms with van der Waals surface area (Å²) in [6.45, 7) is 0. The first-order chi connectivity index (χ1) is 8.97. The first-order valence-electron chi connectivity index (χ1n) is 5.19. The van der Waals surface area contributed by atoms with E-state index < -0.39 is 17.6 Å². The summed E-state index contributed by atoms with van der Waals surface area (Å²) in [4.78, 5) is 14.5. The Morgan fingerprint density at radius 1 is 1.26 bits per heavy atom. The van der Waals surface area contributed by atoms with Gasteiger partial charge in [-0.25, -0.2) is 18.6 Å². The molecule has 0 aliphatic carbocycles. The Balaban J connectivity index is 2.37. The molecule has 0 aliphatic heterocycles. The van der Waals surface area contributed by atoms with Gasteiger partial charge in [-0.2, -0.15) is 0 Å². The van der Waals surface area contributed by atoms with Gasteiger partial charge in [0.05, 0.1) is 11.4 Å². The zero-order valence-electron chi connectivity index (χ0n) is 9.52. The number of pyridine rings is 1. The first kappa shape index (κ1) is 12.7. The number of carbonyl (C=O) groups is 1. The molecule has 0 unspecified atom stereocenters. The Morgan fingerprint density at radius 2 is 2.00 bits per heavy atom. The van der Waals surface area contributed by atoms with Crippen LogP contribution >= 0.6 is 0 Å². The monoisotopic (exact) mass is 265 g/mol. The molecule has 4 N–H and O–H groups in total. The van der Waals surface area contributed by atoms with Gasteiger partial charge >= 0.3 is 5.97 Å². The topological polar surface area (TPSA) is 88.2 Å². The Kier molecular flexibility index (Phi) is 3.28. The zero-order chi connectivity index (χ0) is 14.0. The van der Waals surface area contributed by atoms with Crippen LogP contribution < -0.4 is 11.1 Å². The number of rotatable bonds is 3. The molecule has 0 spiro atoms. The van der Waals surface area contributed by atoms with Gasteiger partial charge in [0.1, 0.15) is 11.6 Å². The molecule has 0 fully saturated rings. The van der Waals surface area contributed by atoms with Crippen LogP contribution in [0.1, 0.15) is 10.5 Å². The van der Waals surface area contributed by atoms with Crippen molar-refractivity contribution in [1.82, 2.24) is 4.98 Å². The van der Waals surface area contributed by atoms with Crippen LogP contribution in [-0.2, 0) is 0 Å². The maximum atomic E-state index is 13.4. The average molecular weight is 265 g/mol. The molecule has 1 aromatic carbocycles. The number of aromatic nitrogens is 1. The Morgan fingerprint density at radius 3 is 2.63 bits per heavy atom. The molecule has 0 radical (unpaired) electrons. The second kappa shape index (κ2) is 4.89. The highest BCUT2D eigenvalue weighted by molar-refractivity contribution is 5.87. The van der Waals surface area contributed by atoms with Crippen molar-refractivity contribution in [3.63, 3.8) is 0 Å². The van der Waals surface area contributed by atoms with Crippen LogP contribution in [0.2, 0.25) is 0 Å². The molecule has 2 rings (SSSR count). The van der Waals surface area contributed by atoms with E-state index >= 15 is 0 Å². The molecular formula is C12H9F2N3O2. The van der Waals surface area contributed by atoms with E-state index in [4.69, 9.17) is 10.8 Å². The fraction of sp³-hybridized carbons (Fsp3) is 0.